The van der Waals surface area contributed by atoms with E-state index in [2.05, 4.69) is 40.3 Å². The highest BCUT2D eigenvalue weighted by Gasteiger charge is 2.09. The van der Waals surface area contributed by atoms with Gasteiger partial charge in [0.15, 0.2) is 0 Å². The second kappa shape index (κ2) is 7.09. The maximum atomic E-state index is 5.39. The number of methoxy groups -OCH3 is 1. The van der Waals surface area contributed by atoms with E-state index < -0.39 is 0 Å². The smallest absolute Gasteiger partial charge is 0.128 e. The number of anilines is 1. The van der Waals surface area contributed by atoms with Gasteiger partial charge in [0.1, 0.15) is 11.6 Å². The van der Waals surface area contributed by atoms with Crippen LogP contribution < -0.4 is 15.0 Å². The molecule has 2 aromatic rings. The number of ether oxygens (including phenoxy) is 1. The Morgan fingerprint density at radius 3 is 2.62 bits per heavy atom. The van der Waals surface area contributed by atoms with E-state index >= 15 is 0 Å². The number of aromatic nitrogens is 1. The SMILES string of the molecule is CNC(C)c1ccc(N(C)Cc2ccccc2OC)nc1. The predicted molar refractivity (Wildman–Crippen MR) is 86.8 cm³/mol. The van der Waals surface area contributed by atoms with Gasteiger partial charge < -0.3 is 15.0 Å². The van der Waals surface area contributed by atoms with Gasteiger partial charge in [0.05, 0.1) is 7.11 Å². The van der Waals surface area contributed by atoms with E-state index in [0.29, 0.717) is 6.04 Å². The van der Waals surface area contributed by atoms with E-state index in [1.807, 2.05) is 38.5 Å². The van der Waals surface area contributed by atoms with E-state index in [9.17, 15) is 0 Å². The number of nitrogens with one attached hydrogen (secondary N) is 1. The first-order chi connectivity index (χ1) is 10.2. The molecule has 4 nitrogen and oxygen atoms in total. The Morgan fingerprint density at radius 1 is 1.24 bits per heavy atom. The van der Waals surface area contributed by atoms with Crippen LogP contribution in [-0.2, 0) is 6.54 Å². The number of pyridine rings is 1. The summed E-state index contributed by atoms with van der Waals surface area (Å²) in [5.41, 5.74) is 2.34. The second-order valence-electron chi connectivity index (χ2n) is 5.13. The van der Waals surface area contributed by atoms with E-state index in [0.717, 1.165) is 23.7 Å². The molecule has 0 amide bonds. The van der Waals surface area contributed by atoms with E-state index in [-0.39, 0.29) is 0 Å². The molecule has 112 valence electrons. The minimum atomic E-state index is 0.311. The van der Waals surface area contributed by atoms with Gasteiger partial charge in [-0.15, -0.1) is 0 Å². The van der Waals surface area contributed by atoms with Crippen LogP contribution in [-0.4, -0.2) is 26.2 Å². The Hall–Kier alpha value is -2.07. The van der Waals surface area contributed by atoms with Crippen LogP contribution in [0.5, 0.6) is 5.75 Å². The fourth-order valence-corrected chi connectivity index (χ4v) is 2.22. The van der Waals surface area contributed by atoms with Crippen LogP contribution in [0.3, 0.4) is 0 Å². The third-order valence-corrected chi connectivity index (χ3v) is 3.69. The molecule has 0 aliphatic rings. The van der Waals surface area contributed by atoms with Crippen molar-refractivity contribution in [1.29, 1.82) is 0 Å². The molecule has 1 atom stereocenters. The van der Waals surface area contributed by atoms with Crippen molar-refractivity contribution in [1.82, 2.24) is 10.3 Å². The van der Waals surface area contributed by atoms with E-state index in [4.69, 9.17) is 4.74 Å². The molecule has 1 unspecified atom stereocenters. The molecule has 1 aromatic heterocycles. The highest BCUT2D eigenvalue weighted by molar-refractivity contribution is 5.42. The van der Waals surface area contributed by atoms with Crippen LogP contribution in [0.15, 0.2) is 42.6 Å². The fourth-order valence-electron chi connectivity index (χ4n) is 2.22. The average molecular weight is 285 g/mol. The van der Waals surface area contributed by atoms with Gasteiger partial charge in [-0.05, 0) is 31.7 Å². The molecule has 0 aliphatic carbocycles. The number of benzene rings is 1. The zero-order valence-electron chi connectivity index (χ0n) is 13.1. The minimum absolute atomic E-state index is 0.311. The van der Waals surface area contributed by atoms with Crippen LogP contribution in [0.4, 0.5) is 5.82 Å². The largest absolute Gasteiger partial charge is 0.496 e. The number of rotatable bonds is 6. The summed E-state index contributed by atoms with van der Waals surface area (Å²) >= 11 is 0. The molecule has 0 aliphatic heterocycles. The number of hydrogen-bond acceptors (Lipinski definition) is 4. The molecule has 0 saturated carbocycles. The van der Waals surface area contributed by atoms with Crippen molar-refractivity contribution in [3.63, 3.8) is 0 Å². The monoisotopic (exact) mass is 285 g/mol. The van der Waals surface area contributed by atoms with Gasteiger partial charge in [-0.2, -0.15) is 0 Å². The van der Waals surface area contributed by atoms with Crippen molar-refractivity contribution >= 4 is 5.82 Å². The number of para-hydroxylation sites is 1. The summed E-state index contributed by atoms with van der Waals surface area (Å²) in [6, 6.07) is 12.5. The van der Waals surface area contributed by atoms with Gasteiger partial charge in [0, 0.05) is 31.4 Å². The first-order valence-electron chi connectivity index (χ1n) is 7.12. The van der Waals surface area contributed by atoms with Crippen molar-refractivity contribution in [2.24, 2.45) is 0 Å². The lowest BCUT2D eigenvalue weighted by atomic mass is 10.1. The highest BCUT2D eigenvalue weighted by Crippen LogP contribution is 2.21. The molecular formula is C17H23N3O. The summed E-state index contributed by atoms with van der Waals surface area (Å²) < 4.78 is 5.39. The summed E-state index contributed by atoms with van der Waals surface area (Å²) in [6.07, 6.45) is 1.93. The number of hydrogen-bond donors (Lipinski definition) is 1. The zero-order chi connectivity index (χ0) is 15.2. The zero-order valence-corrected chi connectivity index (χ0v) is 13.1. The molecule has 4 heteroatoms. The first kappa shape index (κ1) is 15.3. The van der Waals surface area contributed by atoms with Crippen molar-refractivity contribution < 1.29 is 4.74 Å². The third kappa shape index (κ3) is 3.73. The molecule has 21 heavy (non-hydrogen) atoms. The van der Waals surface area contributed by atoms with Crippen molar-refractivity contribution in [3.05, 3.63) is 53.7 Å². The van der Waals surface area contributed by atoms with Crippen LogP contribution in [0, 0.1) is 0 Å². The molecule has 1 aromatic carbocycles. The molecule has 1 N–H and O–H groups in total. The van der Waals surface area contributed by atoms with E-state index in [1.54, 1.807) is 7.11 Å². The van der Waals surface area contributed by atoms with Gasteiger partial charge in [0.25, 0.3) is 0 Å². The minimum Gasteiger partial charge on any atom is -0.496 e. The van der Waals surface area contributed by atoms with Crippen LogP contribution in [0.25, 0.3) is 0 Å². The average Bonchev–Trinajstić information content (AvgIpc) is 2.54. The molecule has 0 fully saturated rings. The van der Waals surface area contributed by atoms with Crippen LogP contribution in [0.2, 0.25) is 0 Å². The van der Waals surface area contributed by atoms with Gasteiger partial charge >= 0.3 is 0 Å². The summed E-state index contributed by atoms with van der Waals surface area (Å²) in [6.45, 7) is 2.88. The van der Waals surface area contributed by atoms with Crippen LogP contribution in [0.1, 0.15) is 24.1 Å². The molecule has 0 radical (unpaired) electrons. The molecular weight excluding hydrogens is 262 g/mol. The first-order valence-corrected chi connectivity index (χ1v) is 7.12. The summed E-state index contributed by atoms with van der Waals surface area (Å²) in [7, 11) is 5.69. The Bertz CT molecular complexity index is 569. The maximum absolute atomic E-state index is 5.39. The van der Waals surface area contributed by atoms with Crippen molar-refractivity contribution in [3.8, 4) is 5.75 Å². The van der Waals surface area contributed by atoms with Crippen LogP contribution >= 0.6 is 0 Å². The van der Waals surface area contributed by atoms with Crippen molar-refractivity contribution in [2.45, 2.75) is 19.5 Å². The van der Waals surface area contributed by atoms with Gasteiger partial charge in [-0.1, -0.05) is 24.3 Å². The standard InChI is InChI=1S/C17H23N3O/c1-13(18-2)14-9-10-17(19-11-14)20(3)12-15-7-5-6-8-16(15)21-4/h5-11,13,18H,12H2,1-4H3. The van der Waals surface area contributed by atoms with Gasteiger partial charge in [-0.3, -0.25) is 0 Å². The molecule has 1 heterocycles. The predicted octanol–water partition coefficient (Wildman–Crippen LogP) is 3.01. The normalized spacial score (nSPS) is 12.0. The second-order valence-corrected chi connectivity index (χ2v) is 5.13. The molecule has 2 rings (SSSR count). The summed E-state index contributed by atoms with van der Waals surface area (Å²) in [5, 5.41) is 3.21. The highest BCUT2D eigenvalue weighted by atomic mass is 16.5. The van der Waals surface area contributed by atoms with Gasteiger partial charge in [0.2, 0.25) is 0 Å². The summed E-state index contributed by atoms with van der Waals surface area (Å²) in [4.78, 5) is 6.66. The molecule has 0 spiro atoms. The quantitative estimate of drug-likeness (QED) is 0.885. The Labute approximate surface area is 126 Å². The summed E-state index contributed by atoms with van der Waals surface area (Å²) in [5.74, 6) is 1.86. The molecule has 0 saturated heterocycles. The maximum Gasteiger partial charge on any atom is 0.128 e. The number of nitrogens with zero attached hydrogens (tertiary/aromatic N) is 2. The Morgan fingerprint density at radius 2 is 2.00 bits per heavy atom. The fraction of sp³-hybridized carbons (Fsp3) is 0.353. The van der Waals surface area contributed by atoms with E-state index in [1.165, 1.54) is 5.56 Å². The van der Waals surface area contributed by atoms with Crippen molar-refractivity contribution in [2.75, 3.05) is 26.1 Å². The topological polar surface area (TPSA) is 37.4 Å². The lowest BCUT2D eigenvalue weighted by Gasteiger charge is -2.20. The lowest BCUT2D eigenvalue weighted by molar-refractivity contribution is 0.409. The van der Waals surface area contributed by atoms with Gasteiger partial charge in [-0.25, -0.2) is 4.98 Å². The Balaban J connectivity index is 2.11. The third-order valence-electron chi connectivity index (χ3n) is 3.69. The Kier molecular flexibility index (Phi) is 5.17. The lowest BCUT2D eigenvalue weighted by Crippen LogP contribution is -2.19. The molecule has 0 bridgehead atoms.